The Balaban J connectivity index is 2.22. The molecule has 0 radical (unpaired) electrons. The van der Waals surface area contributed by atoms with Crippen LogP contribution in [-0.2, 0) is 12.6 Å². The fraction of sp³-hybridized carbons (Fsp3) is 0.385. The SMILES string of the molecule is CC(Cc1cccs1)N(C)c1cc(C(F)(F)F)nc(Cl)n1. The highest BCUT2D eigenvalue weighted by Crippen LogP contribution is 2.30. The summed E-state index contributed by atoms with van der Waals surface area (Å²) in [6, 6.07) is 4.83. The molecule has 21 heavy (non-hydrogen) atoms. The number of nitrogens with zero attached hydrogens (tertiary/aromatic N) is 3. The minimum Gasteiger partial charge on any atom is -0.356 e. The average Bonchev–Trinajstić information content (AvgIpc) is 2.88. The Morgan fingerprint density at radius 2 is 2.10 bits per heavy atom. The number of aromatic nitrogens is 2. The number of anilines is 1. The first kappa shape index (κ1) is 16.0. The zero-order valence-electron chi connectivity index (χ0n) is 11.4. The third-order valence-electron chi connectivity index (χ3n) is 3.07. The molecule has 0 aromatic carbocycles. The van der Waals surface area contributed by atoms with Crippen molar-refractivity contribution < 1.29 is 13.2 Å². The molecule has 0 saturated carbocycles. The van der Waals surface area contributed by atoms with Gasteiger partial charge in [0.25, 0.3) is 0 Å². The summed E-state index contributed by atoms with van der Waals surface area (Å²) in [6.45, 7) is 1.92. The average molecular weight is 336 g/mol. The second-order valence-electron chi connectivity index (χ2n) is 4.62. The van der Waals surface area contributed by atoms with Crippen LogP contribution in [0.3, 0.4) is 0 Å². The summed E-state index contributed by atoms with van der Waals surface area (Å²) in [5.41, 5.74) is -1.03. The molecule has 1 atom stereocenters. The lowest BCUT2D eigenvalue weighted by molar-refractivity contribution is -0.141. The maximum absolute atomic E-state index is 12.8. The van der Waals surface area contributed by atoms with Crippen molar-refractivity contribution in [2.75, 3.05) is 11.9 Å². The van der Waals surface area contributed by atoms with E-state index in [0.29, 0.717) is 0 Å². The normalized spacial score (nSPS) is 13.2. The van der Waals surface area contributed by atoms with Gasteiger partial charge < -0.3 is 4.90 Å². The molecule has 0 N–H and O–H groups in total. The van der Waals surface area contributed by atoms with Gasteiger partial charge in [-0.05, 0) is 30.0 Å². The van der Waals surface area contributed by atoms with Crippen LogP contribution >= 0.6 is 22.9 Å². The summed E-state index contributed by atoms with van der Waals surface area (Å²) in [5, 5.41) is 1.56. The Labute approximate surface area is 129 Å². The van der Waals surface area contributed by atoms with Gasteiger partial charge in [0, 0.05) is 30.5 Å². The molecule has 0 aliphatic heterocycles. The van der Waals surface area contributed by atoms with Crippen LogP contribution < -0.4 is 4.90 Å². The molecule has 0 spiro atoms. The molecule has 0 aliphatic rings. The molecule has 2 rings (SSSR count). The highest BCUT2D eigenvalue weighted by Gasteiger charge is 2.34. The van der Waals surface area contributed by atoms with Gasteiger partial charge in [-0.3, -0.25) is 0 Å². The quantitative estimate of drug-likeness (QED) is 0.781. The smallest absolute Gasteiger partial charge is 0.356 e. The van der Waals surface area contributed by atoms with E-state index in [1.165, 1.54) is 0 Å². The molecule has 2 aromatic heterocycles. The largest absolute Gasteiger partial charge is 0.433 e. The Hall–Kier alpha value is -1.34. The van der Waals surface area contributed by atoms with E-state index >= 15 is 0 Å². The first-order valence-corrected chi connectivity index (χ1v) is 7.40. The lowest BCUT2D eigenvalue weighted by atomic mass is 10.2. The van der Waals surface area contributed by atoms with Gasteiger partial charge in [-0.1, -0.05) is 6.07 Å². The van der Waals surface area contributed by atoms with Gasteiger partial charge in [-0.2, -0.15) is 13.2 Å². The van der Waals surface area contributed by atoms with Crippen molar-refractivity contribution in [3.8, 4) is 0 Å². The first-order chi connectivity index (χ1) is 9.77. The Morgan fingerprint density at radius 1 is 1.38 bits per heavy atom. The third kappa shape index (κ3) is 4.07. The highest BCUT2D eigenvalue weighted by atomic mass is 35.5. The van der Waals surface area contributed by atoms with E-state index in [0.717, 1.165) is 17.4 Å². The van der Waals surface area contributed by atoms with Crippen molar-refractivity contribution in [2.45, 2.75) is 25.6 Å². The molecule has 2 aromatic rings. The molecular weight excluding hydrogens is 323 g/mol. The number of halogens is 4. The van der Waals surface area contributed by atoms with Gasteiger partial charge in [-0.25, -0.2) is 9.97 Å². The van der Waals surface area contributed by atoms with Crippen molar-refractivity contribution in [3.63, 3.8) is 0 Å². The maximum Gasteiger partial charge on any atom is 0.433 e. The van der Waals surface area contributed by atoms with Crippen molar-refractivity contribution in [3.05, 3.63) is 39.4 Å². The van der Waals surface area contributed by atoms with Crippen molar-refractivity contribution in [1.29, 1.82) is 0 Å². The summed E-state index contributed by atoms with van der Waals surface area (Å²) in [4.78, 5) is 9.94. The molecule has 0 fully saturated rings. The summed E-state index contributed by atoms with van der Waals surface area (Å²) in [5.74, 6) is 0.159. The van der Waals surface area contributed by atoms with Crippen LogP contribution in [0.1, 0.15) is 17.5 Å². The van der Waals surface area contributed by atoms with Crippen molar-refractivity contribution in [1.82, 2.24) is 9.97 Å². The maximum atomic E-state index is 12.8. The second-order valence-corrected chi connectivity index (χ2v) is 5.99. The van der Waals surface area contributed by atoms with Crippen molar-refractivity contribution >= 4 is 28.8 Å². The van der Waals surface area contributed by atoms with Gasteiger partial charge in [0.15, 0.2) is 5.69 Å². The first-order valence-electron chi connectivity index (χ1n) is 6.14. The summed E-state index contributed by atoms with van der Waals surface area (Å²) >= 11 is 7.21. The van der Waals surface area contributed by atoms with E-state index in [9.17, 15) is 13.2 Å². The van der Waals surface area contributed by atoms with Gasteiger partial charge in [0.2, 0.25) is 5.28 Å². The van der Waals surface area contributed by atoms with Gasteiger partial charge in [0.05, 0.1) is 0 Å². The highest BCUT2D eigenvalue weighted by molar-refractivity contribution is 7.09. The number of hydrogen-bond donors (Lipinski definition) is 0. The van der Waals surface area contributed by atoms with E-state index in [4.69, 9.17) is 11.6 Å². The van der Waals surface area contributed by atoms with Crippen LogP contribution in [0.2, 0.25) is 5.28 Å². The van der Waals surface area contributed by atoms with Crippen LogP contribution in [0.4, 0.5) is 19.0 Å². The molecular formula is C13H13ClF3N3S. The standard InChI is InChI=1S/C13H13ClF3N3S/c1-8(6-9-4-3-5-21-9)20(2)11-7-10(13(15,16)17)18-12(14)19-11/h3-5,7-8H,6H2,1-2H3. The van der Waals surface area contributed by atoms with Crippen LogP contribution in [0.15, 0.2) is 23.6 Å². The summed E-state index contributed by atoms with van der Waals surface area (Å²) in [7, 11) is 1.69. The van der Waals surface area contributed by atoms with E-state index in [1.54, 1.807) is 23.3 Å². The van der Waals surface area contributed by atoms with Gasteiger partial charge in [-0.15, -0.1) is 11.3 Å². The van der Waals surface area contributed by atoms with E-state index < -0.39 is 17.2 Å². The molecule has 0 aliphatic carbocycles. The molecule has 114 valence electrons. The molecule has 0 saturated heterocycles. The fourth-order valence-electron chi connectivity index (χ4n) is 1.81. The summed E-state index contributed by atoms with van der Waals surface area (Å²) in [6.07, 6.45) is -3.82. The monoisotopic (exact) mass is 335 g/mol. The minimum atomic E-state index is -4.54. The number of rotatable bonds is 4. The Morgan fingerprint density at radius 3 is 2.67 bits per heavy atom. The van der Waals surface area contributed by atoms with Gasteiger partial charge >= 0.3 is 6.18 Å². The van der Waals surface area contributed by atoms with E-state index in [-0.39, 0.29) is 11.9 Å². The van der Waals surface area contributed by atoms with Crippen LogP contribution in [0, 0.1) is 0 Å². The number of likely N-dealkylation sites (N-methyl/N-ethyl adjacent to an activating group) is 1. The minimum absolute atomic E-state index is 0.0179. The molecule has 0 amide bonds. The van der Waals surface area contributed by atoms with E-state index in [1.807, 2.05) is 24.4 Å². The number of alkyl halides is 3. The van der Waals surface area contributed by atoms with Crippen molar-refractivity contribution in [2.24, 2.45) is 0 Å². The summed E-state index contributed by atoms with van der Waals surface area (Å²) < 4.78 is 38.3. The molecule has 8 heteroatoms. The number of hydrogen-bond acceptors (Lipinski definition) is 4. The predicted molar refractivity (Wildman–Crippen MR) is 77.9 cm³/mol. The lowest BCUT2D eigenvalue weighted by Gasteiger charge is -2.26. The zero-order chi connectivity index (χ0) is 15.6. The molecule has 2 heterocycles. The number of thiophene rings is 1. The predicted octanol–water partition coefficient (Wildman–Crippen LogP) is 4.28. The van der Waals surface area contributed by atoms with Crippen LogP contribution in [-0.4, -0.2) is 23.1 Å². The van der Waals surface area contributed by atoms with E-state index in [2.05, 4.69) is 9.97 Å². The fourth-order valence-corrected chi connectivity index (χ4v) is 2.82. The zero-order valence-corrected chi connectivity index (χ0v) is 12.9. The van der Waals surface area contributed by atoms with Crippen LogP contribution in [0.25, 0.3) is 0 Å². The Bertz CT molecular complexity index is 601. The second kappa shape index (κ2) is 6.19. The van der Waals surface area contributed by atoms with Gasteiger partial charge in [0.1, 0.15) is 5.82 Å². The Kier molecular flexibility index (Phi) is 4.73. The molecule has 3 nitrogen and oxygen atoms in total. The lowest BCUT2D eigenvalue weighted by Crippen LogP contribution is -2.31. The third-order valence-corrected chi connectivity index (χ3v) is 4.14. The molecule has 1 unspecified atom stereocenters. The topological polar surface area (TPSA) is 29.0 Å². The van der Waals surface area contributed by atoms with Crippen LogP contribution in [0.5, 0.6) is 0 Å². The molecule has 0 bridgehead atoms.